The van der Waals surface area contributed by atoms with E-state index in [-0.39, 0.29) is 18.4 Å². The molecule has 1 aromatic heterocycles. The van der Waals surface area contributed by atoms with Crippen LogP contribution in [0.1, 0.15) is 31.1 Å². The predicted molar refractivity (Wildman–Crippen MR) is 97.5 cm³/mol. The van der Waals surface area contributed by atoms with Crippen molar-refractivity contribution < 1.29 is 4.79 Å². The maximum atomic E-state index is 12.2. The van der Waals surface area contributed by atoms with Crippen molar-refractivity contribution in [3.05, 3.63) is 59.9 Å². The second-order valence-corrected chi connectivity index (χ2v) is 5.71. The summed E-state index contributed by atoms with van der Waals surface area (Å²) in [6, 6.07) is 14.0. The largest absolute Gasteiger partial charge is 0.397 e. The molecule has 0 bridgehead atoms. The Morgan fingerprint density at radius 3 is 2.46 bits per heavy atom. The molecule has 0 fully saturated rings. The molecule has 1 heterocycles. The Kier molecular flexibility index (Phi) is 6.75. The molecular weight excluding hydrogens is 300 g/mol. The van der Waals surface area contributed by atoms with Crippen molar-refractivity contribution in [2.75, 3.05) is 25.4 Å². The Balaban J connectivity index is 1.99. The van der Waals surface area contributed by atoms with Crippen LogP contribution in [-0.4, -0.2) is 35.4 Å². The fourth-order valence-corrected chi connectivity index (χ4v) is 2.78. The number of likely N-dealkylation sites (N-methyl/N-ethyl adjacent to an activating group) is 1. The number of nitrogens with one attached hydrogen (secondary N) is 1. The summed E-state index contributed by atoms with van der Waals surface area (Å²) in [7, 11) is 0. The van der Waals surface area contributed by atoms with Crippen molar-refractivity contribution in [2.24, 2.45) is 0 Å². The molecule has 0 aliphatic carbocycles. The van der Waals surface area contributed by atoms with Gasteiger partial charge in [-0.3, -0.25) is 14.7 Å². The minimum Gasteiger partial charge on any atom is -0.397 e. The van der Waals surface area contributed by atoms with Gasteiger partial charge in [-0.15, -0.1) is 0 Å². The second kappa shape index (κ2) is 9.03. The Bertz CT molecular complexity index is 624. The normalized spacial score (nSPS) is 12.1. The summed E-state index contributed by atoms with van der Waals surface area (Å²) < 4.78 is 0. The van der Waals surface area contributed by atoms with E-state index in [0.29, 0.717) is 12.2 Å². The highest BCUT2D eigenvalue weighted by molar-refractivity contribution is 5.78. The third kappa shape index (κ3) is 5.06. The molecule has 2 aromatic rings. The van der Waals surface area contributed by atoms with E-state index in [0.717, 1.165) is 18.8 Å². The van der Waals surface area contributed by atoms with Crippen LogP contribution >= 0.6 is 0 Å². The lowest BCUT2D eigenvalue weighted by atomic mass is 10.0. The van der Waals surface area contributed by atoms with Crippen LogP contribution in [0.25, 0.3) is 0 Å². The molecule has 2 rings (SSSR count). The van der Waals surface area contributed by atoms with Gasteiger partial charge in [0.05, 0.1) is 24.3 Å². The molecular formula is C19H26N4O. The Morgan fingerprint density at radius 2 is 1.88 bits per heavy atom. The van der Waals surface area contributed by atoms with Crippen molar-refractivity contribution in [1.29, 1.82) is 0 Å². The van der Waals surface area contributed by atoms with Gasteiger partial charge in [-0.05, 0) is 30.8 Å². The molecule has 0 saturated carbocycles. The average molecular weight is 326 g/mol. The summed E-state index contributed by atoms with van der Waals surface area (Å²) in [4.78, 5) is 18.8. The summed E-state index contributed by atoms with van der Waals surface area (Å²) in [5.74, 6) is -0.0274. The number of carbonyl (C=O) groups is 1. The number of amides is 1. The molecule has 3 N–H and O–H groups in total. The zero-order chi connectivity index (χ0) is 17.4. The minimum absolute atomic E-state index is 0.0274. The van der Waals surface area contributed by atoms with Gasteiger partial charge in [0.25, 0.3) is 0 Å². The van der Waals surface area contributed by atoms with Crippen LogP contribution in [0.4, 0.5) is 5.69 Å². The second-order valence-electron chi connectivity index (χ2n) is 5.71. The molecule has 1 amide bonds. The average Bonchev–Trinajstić information content (AvgIpc) is 2.61. The number of carbonyl (C=O) groups excluding carboxylic acids is 1. The lowest BCUT2D eigenvalue weighted by Crippen LogP contribution is -2.38. The lowest BCUT2D eigenvalue weighted by Gasteiger charge is -2.30. The third-order valence-electron chi connectivity index (χ3n) is 4.12. The van der Waals surface area contributed by atoms with Gasteiger partial charge in [0.2, 0.25) is 5.91 Å². The predicted octanol–water partition coefficient (Wildman–Crippen LogP) is 2.41. The van der Waals surface area contributed by atoms with Gasteiger partial charge in [-0.2, -0.15) is 0 Å². The van der Waals surface area contributed by atoms with Crippen molar-refractivity contribution in [3.8, 4) is 0 Å². The van der Waals surface area contributed by atoms with Crippen molar-refractivity contribution in [1.82, 2.24) is 15.2 Å². The summed E-state index contributed by atoms with van der Waals surface area (Å²) in [5.41, 5.74) is 8.16. The molecule has 1 aromatic carbocycles. The number of nitrogens with zero attached hydrogens (tertiary/aromatic N) is 2. The first-order chi connectivity index (χ1) is 11.6. The molecule has 128 valence electrons. The highest BCUT2D eigenvalue weighted by Gasteiger charge is 2.18. The van der Waals surface area contributed by atoms with Crippen LogP contribution in [0.5, 0.6) is 0 Å². The molecule has 5 nitrogen and oxygen atoms in total. The van der Waals surface area contributed by atoms with Gasteiger partial charge in [0.15, 0.2) is 0 Å². The molecule has 0 aliphatic rings. The number of benzene rings is 1. The monoisotopic (exact) mass is 326 g/mol. The maximum Gasteiger partial charge on any atom is 0.226 e. The number of hydrogen-bond donors (Lipinski definition) is 2. The van der Waals surface area contributed by atoms with Crippen LogP contribution in [0, 0.1) is 0 Å². The molecule has 1 atom stereocenters. The molecule has 1 unspecified atom stereocenters. The Labute approximate surface area is 143 Å². The van der Waals surface area contributed by atoms with E-state index in [1.54, 1.807) is 18.3 Å². The lowest BCUT2D eigenvalue weighted by molar-refractivity contribution is -0.120. The first-order valence-electron chi connectivity index (χ1n) is 8.40. The smallest absolute Gasteiger partial charge is 0.226 e. The molecule has 0 spiro atoms. The molecule has 0 radical (unpaired) electrons. The van der Waals surface area contributed by atoms with E-state index in [9.17, 15) is 4.79 Å². The SMILES string of the molecule is CCN(CC)C(CNC(=O)Cc1ccc(N)cn1)c1ccccc1. The first kappa shape index (κ1) is 17.9. The van der Waals surface area contributed by atoms with Gasteiger partial charge in [-0.25, -0.2) is 0 Å². The maximum absolute atomic E-state index is 12.2. The van der Waals surface area contributed by atoms with Crippen molar-refractivity contribution in [3.63, 3.8) is 0 Å². The van der Waals surface area contributed by atoms with Crippen LogP contribution in [0.15, 0.2) is 48.7 Å². The quantitative estimate of drug-likeness (QED) is 0.781. The zero-order valence-corrected chi connectivity index (χ0v) is 14.4. The number of pyridine rings is 1. The van der Waals surface area contributed by atoms with E-state index in [1.807, 2.05) is 18.2 Å². The third-order valence-corrected chi connectivity index (χ3v) is 4.12. The zero-order valence-electron chi connectivity index (χ0n) is 14.4. The van der Waals surface area contributed by atoms with Gasteiger partial charge < -0.3 is 11.1 Å². The number of aromatic nitrogens is 1. The molecule has 5 heteroatoms. The number of nitrogens with two attached hydrogens (primary N) is 1. The Morgan fingerprint density at radius 1 is 1.17 bits per heavy atom. The number of nitrogen functional groups attached to an aromatic ring is 1. The van der Waals surface area contributed by atoms with E-state index in [1.165, 1.54) is 5.56 Å². The van der Waals surface area contributed by atoms with Crippen LogP contribution < -0.4 is 11.1 Å². The van der Waals surface area contributed by atoms with Crippen LogP contribution in [0.2, 0.25) is 0 Å². The fourth-order valence-electron chi connectivity index (χ4n) is 2.78. The standard InChI is InChI=1S/C19H26N4O/c1-3-23(4-2)18(15-8-6-5-7-9-15)14-22-19(24)12-17-11-10-16(20)13-21-17/h5-11,13,18H,3-4,12,14,20H2,1-2H3,(H,22,24). The number of rotatable bonds is 8. The van der Waals surface area contributed by atoms with E-state index in [4.69, 9.17) is 5.73 Å². The fraction of sp³-hybridized carbons (Fsp3) is 0.368. The molecule has 0 saturated heterocycles. The van der Waals surface area contributed by atoms with Crippen molar-refractivity contribution >= 4 is 11.6 Å². The highest BCUT2D eigenvalue weighted by Crippen LogP contribution is 2.19. The summed E-state index contributed by atoms with van der Waals surface area (Å²) in [6.07, 6.45) is 1.84. The Hall–Kier alpha value is -2.40. The van der Waals surface area contributed by atoms with Gasteiger partial charge in [-0.1, -0.05) is 44.2 Å². The molecule has 24 heavy (non-hydrogen) atoms. The van der Waals surface area contributed by atoms with Crippen LogP contribution in [0.3, 0.4) is 0 Å². The van der Waals surface area contributed by atoms with E-state index >= 15 is 0 Å². The van der Waals surface area contributed by atoms with Crippen molar-refractivity contribution in [2.45, 2.75) is 26.3 Å². The number of hydrogen-bond acceptors (Lipinski definition) is 4. The number of anilines is 1. The summed E-state index contributed by atoms with van der Waals surface area (Å²) in [6.45, 7) is 6.73. The van der Waals surface area contributed by atoms with E-state index in [2.05, 4.69) is 41.2 Å². The summed E-state index contributed by atoms with van der Waals surface area (Å²) in [5, 5.41) is 3.04. The molecule has 0 aliphatic heterocycles. The van der Waals surface area contributed by atoms with E-state index < -0.39 is 0 Å². The van der Waals surface area contributed by atoms with Crippen LogP contribution in [-0.2, 0) is 11.2 Å². The van der Waals surface area contributed by atoms with Gasteiger partial charge in [0.1, 0.15) is 0 Å². The highest BCUT2D eigenvalue weighted by atomic mass is 16.1. The summed E-state index contributed by atoms with van der Waals surface area (Å²) >= 11 is 0. The minimum atomic E-state index is -0.0274. The topological polar surface area (TPSA) is 71.2 Å². The van der Waals surface area contributed by atoms with Gasteiger partial charge in [0, 0.05) is 12.2 Å². The first-order valence-corrected chi connectivity index (χ1v) is 8.40. The van der Waals surface area contributed by atoms with Gasteiger partial charge >= 0.3 is 0 Å².